The molecule has 0 atom stereocenters. The number of nitriles is 1. The molecule has 52 heavy (non-hydrogen) atoms. The number of fused-ring (bicyclic) bond motifs is 7. The minimum Gasteiger partial charge on any atom is -0.309 e. The quantitative estimate of drug-likeness (QED) is 0.184. The summed E-state index contributed by atoms with van der Waals surface area (Å²) in [5.41, 5.74) is 13.1. The Hall–Kier alpha value is -7.22. The Kier molecular flexibility index (Phi) is 6.84. The van der Waals surface area contributed by atoms with Gasteiger partial charge >= 0.3 is 0 Å². The van der Waals surface area contributed by atoms with Gasteiger partial charge in [-0.1, -0.05) is 121 Å². The zero-order valence-corrected chi connectivity index (χ0v) is 28.1. The number of nitrogens with zero attached hydrogens (tertiary/aromatic N) is 4. The Labute approximate surface area is 300 Å². The minimum atomic E-state index is 0.604. The maximum absolute atomic E-state index is 9.93. The van der Waals surface area contributed by atoms with E-state index in [1.807, 2.05) is 42.5 Å². The second-order valence-electron chi connectivity index (χ2n) is 13.1. The van der Waals surface area contributed by atoms with Crippen molar-refractivity contribution in [3.63, 3.8) is 0 Å². The fraction of sp³-hybridized carbons (Fsp3) is 0. The van der Waals surface area contributed by atoms with E-state index in [1.54, 1.807) is 0 Å². The van der Waals surface area contributed by atoms with E-state index in [0.717, 1.165) is 50.5 Å². The summed E-state index contributed by atoms with van der Waals surface area (Å²) in [6, 6.07) is 65.9. The standard InChI is InChI=1S/C48H30N4/c49-31-34-15-7-8-18-38(34)43-30-35(32-13-3-1-4-14-32)29-42(50-43)33-23-25-37(26-24-33)52-44-21-11-9-19-39(44)40-27-28-46-47(48(40)52)41-20-10-12-22-45(41)51(46)36-16-5-2-6-17-36/h1-30H. The molecule has 7 aromatic carbocycles. The summed E-state index contributed by atoms with van der Waals surface area (Å²) in [6.45, 7) is 0. The molecule has 10 aromatic rings. The van der Waals surface area contributed by atoms with E-state index in [4.69, 9.17) is 4.98 Å². The van der Waals surface area contributed by atoms with E-state index in [0.29, 0.717) is 5.56 Å². The van der Waals surface area contributed by atoms with Crippen LogP contribution < -0.4 is 0 Å². The Balaban J connectivity index is 1.19. The van der Waals surface area contributed by atoms with Crippen LogP contribution in [0.2, 0.25) is 0 Å². The Morgan fingerprint density at radius 2 is 1.04 bits per heavy atom. The molecule has 3 aromatic heterocycles. The van der Waals surface area contributed by atoms with Crippen LogP contribution in [0.3, 0.4) is 0 Å². The summed E-state index contributed by atoms with van der Waals surface area (Å²) in [4.78, 5) is 5.15. The number of para-hydroxylation sites is 3. The number of aromatic nitrogens is 3. The van der Waals surface area contributed by atoms with Gasteiger partial charge in [0.15, 0.2) is 0 Å². The van der Waals surface area contributed by atoms with Crippen LogP contribution in [-0.4, -0.2) is 14.1 Å². The fourth-order valence-corrected chi connectivity index (χ4v) is 7.83. The third kappa shape index (κ3) is 4.65. The molecular formula is C48H30N4. The molecule has 0 spiro atoms. The average molecular weight is 663 g/mol. The molecule has 0 fully saturated rings. The molecule has 3 heterocycles. The monoisotopic (exact) mass is 662 g/mol. The lowest BCUT2D eigenvalue weighted by Gasteiger charge is -2.13. The van der Waals surface area contributed by atoms with E-state index in [9.17, 15) is 5.26 Å². The maximum Gasteiger partial charge on any atom is 0.0998 e. The molecule has 4 nitrogen and oxygen atoms in total. The van der Waals surface area contributed by atoms with Crippen LogP contribution >= 0.6 is 0 Å². The SMILES string of the molecule is N#Cc1ccccc1-c1cc(-c2ccccc2)cc(-c2ccc(-n3c4ccccc4c4ccc5c(c6ccccc6n5-c5ccccc5)c43)cc2)n1. The van der Waals surface area contributed by atoms with Gasteiger partial charge in [-0.05, 0) is 71.8 Å². The summed E-state index contributed by atoms with van der Waals surface area (Å²) in [7, 11) is 0. The predicted molar refractivity (Wildman–Crippen MR) is 214 cm³/mol. The Bertz CT molecular complexity index is 3000. The van der Waals surface area contributed by atoms with Crippen molar-refractivity contribution in [2.45, 2.75) is 0 Å². The van der Waals surface area contributed by atoms with Gasteiger partial charge in [-0.3, -0.25) is 0 Å². The minimum absolute atomic E-state index is 0.604. The van der Waals surface area contributed by atoms with Gasteiger partial charge in [0.25, 0.3) is 0 Å². The molecule has 0 amide bonds. The van der Waals surface area contributed by atoms with Gasteiger partial charge in [0.1, 0.15) is 0 Å². The zero-order chi connectivity index (χ0) is 34.6. The molecule has 0 bridgehead atoms. The highest BCUT2D eigenvalue weighted by Crippen LogP contribution is 2.42. The summed E-state index contributed by atoms with van der Waals surface area (Å²) in [5, 5.41) is 14.8. The molecule has 0 radical (unpaired) electrons. The van der Waals surface area contributed by atoms with Crippen molar-refractivity contribution < 1.29 is 0 Å². The third-order valence-corrected chi connectivity index (χ3v) is 10.2. The summed E-state index contributed by atoms with van der Waals surface area (Å²) < 4.78 is 4.80. The summed E-state index contributed by atoms with van der Waals surface area (Å²) in [6.07, 6.45) is 0. The number of benzene rings is 7. The van der Waals surface area contributed by atoms with Gasteiger partial charge < -0.3 is 9.13 Å². The summed E-state index contributed by atoms with van der Waals surface area (Å²) >= 11 is 0. The normalized spacial score (nSPS) is 11.4. The molecule has 242 valence electrons. The number of pyridine rings is 1. The molecule has 0 aliphatic rings. The van der Waals surface area contributed by atoms with Crippen molar-refractivity contribution in [3.8, 4) is 51.1 Å². The highest BCUT2D eigenvalue weighted by Gasteiger charge is 2.21. The van der Waals surface area contributed by atoms with Crippen molar-refractivity contribution in [1.82, 2.24) is 14.1 Å². The molecule has 0 unspecified atom stereocenters. The lowest BCUT2D eigenvalue weighted by molar-refractivity contribution is 1.17. The maximum atomic E-state index is 9.93. The molecule has 0 aliphatic carbocycles. The first-order valence-electron chi connectivity index (χ1n) is 17.5. The first-order chi connectivity index (χ1) is 25.8. The van der Waals surface area contributed by atoms with E-state index in [-0.39, 0.29) is 0 Å². The van der Waals surface area contributed by atoms with E-state index in [2.05, 4.69) is 155 Å². The Morgan fingerprint density at radius 3 is 1.81 bits per heavy atom. The number of hydrogen-bond donors (Lipinski definition) is 0. The lowest BCUT2D eigenvalue weighted by atomic mass is 9.98. The van der Waals surface area contributed by atoms with Crippen molar-refractivity contribution in [3.05, 3.63) is 188 Å². The number of rotatable bonds is 5. The van der Waals surface area contributed by atoms with Gasteiger partial charge in [0.2, 0.25) is 0 Å². The van der Waals surface area contributed by atoms with Crippen LogP contribution in [0.1, 0.15) is 5.56 Å². The zero-order valence-electron chi connectivity index (χ0n) is 28.1. The van der Waals surface area contributed by atoms with E-state index < -0.39 is 0 Å². The van der Waals surface area contributed by atoms with Crippen molar-refractivity contribution in [2.24, 2.45) is 0 Å². The topological polar surface area (TPSA) is 46.5 Å². The number of hydrogen-bond acceptors (Lipinski definition) is 2. The van der Waals surface area contributed by atoms with E-state index >= 15 is 0 Å². The van der Waals surface area contributed by atoms with Gasteiger partial charge in [-0.25, -0.2) is 4.98 Å². The summed E-state index contributed by atoms with van der Waals surface area (Å²) in [5.74, 6) is 0. The van der Waals surface area contributed by atoms with Crippen LogP contribution in [0.25, 0.3) is 88.6 Å². The largest absolute Gasteiger partial charge is 0.309 e. The highest BCUT2D eigenvalue weighted by molar-refractivity contribution is 6.26. The van der Waals surface area contributed by atoms with Gasteiger partial charge in [-0.15, -0.1) is 0 Å². The van der Waals surface area contributed by atoms with Crippen LogP contribution in [0.15, 0.2) is 182 Å². The molecule has 4 heteroatoms. The molecule has 0 aliphatic heterocycles. The van der Waals surface area contributed by atoms with Gasteiger partial charge in [0, 0.05) is 44.0 Å². The van der Waals surface area contributed by atoms with E-state index in [1.165, 1.54) is 38.1 Å². The highest BCUT2D eigenvalue weighted by atomic mass is 15.0. The van der Waals surface area contributed by atoms with Crippen LogP contribution in [0, 0.1) is 11.3 Å². The smallest absolute Gasteiger partial charge is 0.0998 e. The molecule has 0 saturated carbocycles. The van der Waals surface area contributed by atoms with Gasteiger partial charge in [-0.2, -0.15) is 5.26 Å². The van der Waals surface area contributed by atoms with Crippen LogP contribution in [-0.2, 0) is 0 Å². The third-order valence-electron chi connectivity index (χ3n) is 10.2. The molecular weight excluding hydrogens is 633 g/mol. The second-order valence-corrected chi connectivity index (χ2v) is 13.1. The lowest BCUT2D eigenvalue weighted by Crippen LogP contribution is -1.96. The first kappa shape index (κ1) is 29.7. The fourth-order valence-electron chi connectivity index (χ4n) is 7.83. The molecule has 0 N–H and O–H groups in total. The van der Waals surface area contributed by atoms with Crippen molar-refractivity contribution >= 4 is 43.6 Å². The van der Waals surface area contributed by atoms with Crippen molar-refractivity contribution in [2.75, 3.05) is 0 Å². The first-order valence-corrected chi connectivity index (χ1v) is 17.5. The molecule has 0 saturated heterocycles. The second kappa shape index (κ2) is 12.0. The predicted octanol–water partition coefficient (Wildman–Crippen LogP) is 12.1. The molecule has 10 rings (SSSR count). The van der Waals surface area contributed by atoms with Gasteiger partial charge in [0.05, 0.1) is 45.1 Å². The van der Waals surface area contributed by atoms with Crippen LogP contribution in [0.4, 0.5) is 0 Å². The Morgan fingerprint density at radius 1 is 0.423 bits per heavy atom. The average Bonchev–Trinajstić information content (AvgIpc) is 3.74. The van der Waals surface area contributed by atoms with Crippen LogP contribution in [0.5, 0.6) is 0 Å². The van der Waals surface area contributed by atoms with Crippen molar-refractivity contribution in [1.29, 1.82) is 5.26 Å².